The van der Waals surface area contributed by atoms with Crippen molar-refractivity contribution in [1.82, 2.24) is 5.32 Å². The Hall–Kier alpha value is -2.21. The number of nitrogens with one attached hydrogen (secondary N) is 1. The first-order valence-corrected chi connectivity index (χ1v) is 9.37. The fourth-order valence-electron chi connectivity index (χ4n) is 1.82. The zero-order chi connectivity index (χ0) is 21.9. The summed E-state index contributed by atoms with van der Waals surface area (Å²) in [6, 6.07) is 4.43. The summed E-state index contributed by atoms with van der Waals surface area (Å²) in [5, 5.41) is 3.12. The lowest BCUT2D eigenvalue weighted by Crippen LogP contribution is -2.39. The number of Topliss-reactive ketones (excluding diaryl/α,β-unsaturated/α-hetero) is 1. The molecule has 1 aromatic rings. The number of ketones is 1. The summed E-state index contributed by atoms with van der Waals surface area (Å²) in [7, 11) is 0. The molecule has 0 spiro atoms. The summed E-state index contributed by atoms with van der Waals surface area (Å²) in [6.07, 6.45) is 0. The second-order valence-electron chi connectivity index (χ2n) is 10.00. The van der Waals surface area contributed by atoms with Crippen LogP contribution in [-0.4, -0.2) is 29.8 Å². The topological polar surface area (TPSA) is 81.7 Å². The summed E-state index contributed by atoms with van der Waals surface area (Å²) in [5.74, 6) is -0.760. The van der Waals surface area contributed by atoms with E-state index in [-0.39, 0.29) is 29.4 Å². The van der Waals surface area contributed by atoms with Gasteiger partial charge >= 0.3 is 11.9 Å². The Bertz CT molecular complexity index is 699. The van der Waals surface area contributed by atoms with E-state index in [1.54, 1.807) is 41.5 Å². The Morgan fingerprint density at radius 2 is 1.14 bits per heavy atom. The highest BCUT2D eigenvalue weighted by atomic mass is 16.5. The van der Waals surface area contributed by atoms with Gasteiger partial charge in [0.2, 0.25) is 0 Å². The van der Waals surface area contributed by atoms with E-state index in [1.165, 1.54) is 18.2 Å². The van der Waals surface area contributed by atoms with Crippen LogP contribution in [0.2, 0.25) is 0 Å². The van der Waals surface area contributed by atoms with Crippen molar-refractivity contribution in [2.24, 2.45) is 10.8 Å². The van der Waals surface area contributed by atoms with Gasteiger partial charge in [-0.05, 0) is 74.4 Å². The molecule has 0 fully saturated rings. The number of ether oxygens (including phenoxy) is 2. The standard InChI is InChI=1S/C22H33NO5/c1-20(2,3)18(25)27-15-10-14(17(24)13-23-22(7,8)9)11-16(12-15)28-19(26)21(4,5)6/h10-12,23H,13H2,1-9H3. The molecule has 1 aromatic carbocycles. The largest absolute Gasteiger partial charge is 0.426 e. The molecule has 0 unspecified atom stereocenters. The van der Waals surface area contributed by atoms with Crippen molar-refractivity contribution in [3.05, 3.63) is 23.8 Å². The fourth-order valence-corrected chi connectivity index (χ4v) is 1.82. The first-order chi connectivity index (χ1) is 12.5. The van der Waals surface area contributed by atoms with E-state index >= 15 is 0 Å². The van der Waals surface area contributed by atoms with Gasteiger partial charge in [0.25, 0.3) is 0 Å². The van der Waals surface area contributed by atoms with E-state index in [1.807, 2.05) is 20.8 Å². The maximum Gasteiger partial charge on any atom is 0.316 e. The van der Waals surface area contributed by atoms with Gasteiger partial charge in [-0.3, -0.25) is 14.4 Å². The quantitative estimate of drug-likeness (QED) is 0.461. The summed E-state index contributed by atoms with van der Waals surface area (Å²) < 4.78 is 10.8. The zero-order valence-corrected chi connectivity index (χ0v) is 18.5. The first-order valence-electron chi connectivity index (χ1n) is 9.37. The Labute approximate surface area is 168 Å². The molecule has 156 valence electrons. The van der Waals surface area contributed by atoms with Crippen LogP contribution in [0.25, 0.3) is 0 Å². The average molecular weight is 392 g/mol. The predicted octanol–water partition coefficient (Wildman–Crippen LogP) is 4.16. The van der Waals surface area contributed by atoms with Crippen molar-refractivity contribution in [1.29, 1.82) is 0 Å². The van der Waals surface area contributed by atoms with Gasteiger partial charge in [-0.25, -0.2) is 0 Å². The second kappa shape index (κ2) is 8.43. The molecule has 0 aromatic heterocycles. The zero-order valence-electron chi connectivity index (χ0n) is 18.5. The highest BCUT2D eigenvalue weighted by molar-refractivity contribution is 5.98. The summed E-state index contributed by atoms with van der Waals surface area (Å²) in [4.78, 5) is 37.1. The lowest BCUT2D eigenvalue weighted by Gasteiger charge is -2.21. The van der Waals surface area contributed by atoms with Crippen LogP contribution in [0.5, 0.6) is 11.5 Å². The van der Waals surface area contributed by atoms with E-state index in [9.17, 15) is 14.4 Å². The molecule has 28 heavy (non-hydrogen) atoms. The van der Waals surface area contributed by atoms with E-state index in [4.69, 9.17) is 9.47 Å². The van der Waals surface area contributed by atoms with E-state index in [0.29, 0.717) is 5.56 Å². The van der Waals surface area contributed by atoms with E-state index in [2.05, 4.69) is 5.32 Å². The number of carbonyl (C=O) groups excluding carboxylic acids is 3. The molecule has 0 saturated carbocycles. The molecule has 0 aliphatic rings. The molecule has 0 heterocycles. The van der Waals surface area contributed by atoms with Gasteiger partial charge in [0, 0.05) is 17.2 Å². The van der Waals surface area contributed by atoms with Crippen molar-refractivity contribution in [3.8, 4) is 11.5 Å². The van der Waals surface area contributed by atoms with E-state index < -0.39 is 22.8 Å². The molecular weight excluding hydrogens is 358 g/mol. The van der Waals surface area contributed by atoms with Crippen LogP contribution in [0.15, 0.2) is 18.2 Å². The predicted molar refractivity (Wildman–Crippen MR) is 109 cm³/mol. The van der Waals surface area contributed by atoms with Crippen molar-refractivity contribution in [2.45, 2.75) is 67.9 Å². The molecule has 0 bridgehead atoms. The minimum atomic E-state index is -0.712. The maximum absolute atomic E-state index is 12.6. The maximum atomic E-state index is 12.6. The molecule has 0 radical (unpaired) electrons. The van der Waals surface area contributed by atoms with Crippen molar-refractivity contribution < 1.29 is 23.9 Å². The first kappa shape index (κ1) is 23.8. The second-order valence-corrected chi connectivity index (χ2v) is 10.00. The third-order valence-electron chi connectivity index (χ3n) is 3.63. The van der Waals surface area contributed by atoms with Gasteiger partial charge in [-0.2, -0.15) is 0 Å². The highest BCUT2D eigenvalue weighted by Gasteiger charge is 2.26. The van der Waals surface area contributed by atoms with Crippen LogP contribution in [0.1, 0.15) is 72.7 Å². The molecule has 0 amide bonds. The number of carbonyl (C=O) groups is 3. The molecule has 6 nitrogen and oxygen atoms in total. The van der Waals surface area contributed by atoms with Crippen LogP contribution >= 0.6 is 0 Å². The normalized spacial score (nSPS) is 12.5. The number of esters is 2. The molecule has 0 aliphatic heterocycles. The molecular formula is C22H33NO5. The Kier molecular flexibility index (Phi) is 7.18. The molecule has 0 aliphatic carbocycles. The summed E-state index contributed by atoms with van der Waals surface area (Å²) in [6.45, 7) is 16.4. The number of benzene rings is 1. The van der Waals surface area contributed by atoms with Crippen LogP contribution < -0.4 is 14.8 Å². The molecule has 1 rings (SSSR count). The van der Waals surface area contributed by atoms with Crippen molar-refractivity contribution >= 4 is 17.7 Å². The lowest BCUT2D eigenvalue weighted by molar-refractivity contribution is -0.143. The monoisotopic (exact) mass is 391 g/mol. The van der Waals surface area contributed by atoms with Crippen molar-refractivity contribution in [2.75, 3.05) is 6.54 Å². The van der Waals surface area contributed by atoms with E-state index in [0.717, 1.165) is 0 Å². The minimum absolute atomic E-state index is 0.104. The molecule has 0 atom stereocenters. The van der Waals surface area contributed by atoms with Crippen LogP contribution in [0, 0.1) is 10.8 Å². The van der Waals surface area contributed by atoms with Gasteiger partial charge in [0.1, 0.15) is 11.5 Å². The van der Waals surface area contributed by atoms with Gasteiger partial charge in [0.15, 0.2) is 5.78 Å². The van der Waals surface area contributed by atoms with Gasteiger partial charge in [0.05, 0.1) is 17.4 Å². The lowest BCUT2D eigenvalue weighted by atomic mass is 9.97. The smallest absolute Gasteiger partial charge is 0.316 e. The highest BCUT2D eigenvalue weighted by Crippen LogP contribution is 2.28. The van der Waals surface area contributed by atoms with Gasteiger partial charge < -0.3 is 14.8 Å². The molecule has 1 N–H and O–H groups in total. The minimum Gasteiger partial charge on any atom is -0.426 e. The number of hydrogen-bond donors (Lipinski definition) is 1. The molecule has 6 heteroatoms. The summed E-state index contributed by atoms with van der Waals surface area (Å²) >= 11 is 0. The third-order valence-corrected chi connectivity index (χ3v) is 3.63. The Balaban J connectivity index is 3.21. The van der Waals surface area contributed by atoms with Gasteiger partial charge in [-0.15, -0.1) is 0 Å². The van der Waals surface area contributed by atoms with Crippen LogP contribution in [0.4, 0.5) is 0 Å². The Morgan fingerprint density at radius 1 is 0.750 bits per heavy atom. The third kappa shape index (κ3) is 7.80. The number of hydrogen-bond acceptors (Lipinski definition) is 6. The average Bonchev–Trinajstić information content (AvgIpc) is 2.49. The number of rotatable bonds is 5. The SMILES string of the molecule is CC(C)(C)NCC(=O)c1cc(OC(=O)C(C)(C)C)cc(OC(=O)C(C)(C)C)c1. The summed E-state index contributed by atoms with van der Waals surface area (Å²) in [5.41, 5.74) is -1.35. The Morgan fingerprint density at radius 3 is 1.46 bits per heavy atom. The molecule has 0 saturated heterocycles. The van der Waals surface area contributed by atoms with Gasteiger partial charge in [-0.1, -0.05) is 0 Å². The van der Waals surface area contributed by atoms with Crippen molar-refractivity contribution in [3.63, 3.8) is 0 Å². The van der Waals surface area contributed by atoms with Crippen LogP contribution in [-0.2, 0) is 9.59 Å². The fraction of sp³-hybridized carbons (Fsp3) is 0.591. The van der Waals surface area contributed by atoms with Crippen LogP contribution in [0.3, 0.4) is 0 Å².